The van der Waals surface area contributed by atoms with Crippen LogP contribution in [0.1, 0.15) is 65.2 Å². The van der Waals surface area contributed by atoms with Gasteiger partial charge in [-0.1, -0.05) is 26.8 Å². The molecule has 1 amide bonds. The molecule has 1 saturated heterocycles. The van der Waals surface area contributed by atoms with E-state index in [1.54, 1.807) is 24.0 Å². The predicted molar refractivity (Wildman–Crippen MR) is 133 cm³/mol. The molecule has 1 aliphatic rings. The maximum atomic E-state index is 13.3. The van der Waals surface area contributed by atoms with Gasteiger partial charge < -0.3 is 19.2 Å². The third kappa shape index (κ3) is 7.47. The van der Waals surface area contributed by atoms with Crippen LogP contribution in [0.4, 0.5) is 10.5 Å². The number of hydrogen-bond acceptors (Lipinski definition) is 6. The van der Waals surface area contributed by atoms with E-state index < -0.39 is 20.4 Å². The summed E-state index contributed by atoms with van der Waals surface area (Å²) >= 11 is 0. The lowest BCUT2D eigenvalue weighted by molar-refractivity contribution is -0.0597. The summed E-state index contributed by atoms with van der Waals surface area (Å²) in [5.41, 5.74) is -0.180. The van der Waals surface area contributed by atoms with Crippen molar-refractivity contribution in [3.8, 4) is 0 Å². The largest absolute Gasteiger partial charge is 0.462 e. The summed E-state index contributed by atoms with van der Waals surface area (Å²) in [5.74, 6) is -0.109. The monoisotopic (exact) mass is 477 g/mol. The Morgan fingerprint density at radius 2 is 1.85 bits per heavy atom. The number of amides is 1. The second-order valence-corrected chi connectivity index (χ2v) is 13.0. The molecule has 33 heavy (non-hydrogen) atoms. The maximum Gasteiger partial charge on any atom is 0.412 e. The van der Waals surface area contributed by atoms with Crippen LogP contribution in [0.2, 0.25) is 13.1 Å². The molecule has 1 radical (unpaired) electrons. The Morgan fingerprint density at radius 1 is 1.18 bits per heavy atom. The van der Waals surface area contributed by atoms with Crippen LogP contribution in [0.5, 0.6) is 0 Å². The summed E-state index contributed by atoms with van der Waals surface area (Å²) in [6, 6.07) is 7.21. The van der Waals surface area contributed by atoms with E-state index in [0.717, 1.165) is 5.69 Å². The highest BCUT2D eigenvalue weighted by Gasteiger charge is 2.53. The first-order chi connectivity index (χ1) is 15.2. The summed E-state index contributed by atoms with van der Waals surface area (Å²) < 4.78 is 17.5. The molecule has 7 nitrogen and oxygen atoms in total. The smallest absolute Gasteiger partial charge is 0.412 e. The molecule has 0 bridgehead atoms. The van der Waals surface area contributed by atoms with Crippen LogP contribution in [0.25, 0.3) is 0 Å². The van der Waals surface area contributed by atoms with Crippen molar-refractivity contribution in [1.82, 2.24) is 4.90 Å². The van der Waals surface area contributed by atoms with Crippen LogP contribution in [0.15, 0.2) is 24.3 Å². The van der Waals surface area contributed by atoms with Crippen molar-refractivity contribution in [2.24, 2.45) is 11.3 Å². The highest BCUT2D eigenvalue weighted by Crippen LogP contribution is 2.44. The predicted octanol–water partition coefficient (Wildman–Crippen LogP) is 5.54. The average Bonchev–Trinajstić information content (AvgIpc) is 3.05. The molecule has 0 aromatic heterocycles. The molecule has 2 rings (SSSR count). The van der Waals surface area contributed by atoms with Crippen molar-refractivity contribution in [2.75, 3.05) is 25.0 Å². The zero-order chi connectivity index (χ0) is 25.0. The summed E-state index contributed by atoms with van der Waals surface area (Å²) in [6.07, 6.45) is 0.343. The fraction of sp³-hybridized carbons (Fsp3) is 0.680. The van der Waals surface area contributed by atoms with Gasteiger partial charge in [-0.05, 0) is 70.3 Å². The summed E-state index contributed by atoms with van der Waals surface area (Å²) in [5, 5.41) is 3.42. The van der Waals surface area contributed by atoms with Crippen molar-refractivity contribution in [3.63, 3.8) is 0 Å². The van der Waals surface area contributed by atoms with Gasteiger partial charge in [-0.25, -0.2) is 9.59 Å². The summed E-state index contributed by atoms with van der Waals surface area (Å²) in [6.45, 7) is 19.4. The molecule has 0 unspecified atom stereocenters. The Kier molecular flexibility index (Phi) is 8.62. The first-order valence-electron chi connectivity index (χ1n) is 11.7. The number of hydrogen-bond donors (Lipinski definition) is 1. The van der Waals surface area contributed by atoms with Crippen molar-refractivity contribution >= 4 is 26.8 Å². The topological polar surface area (TPSA) is 77.1 Å². The van der Waals surface area contributed by atoms with Crippen LogP contribution < -0.4 is 5.32 Å². The molecule has 2 atom stereocenters. The van der Waals surface area contributed by atoms with Crippen LogP contribution in [-0.4, -0.2) is 57.0 Å². The molecule has 1 aromatic carbocycles. The van der Waals surface area contributed by atoms with E-state index >= 15 is 0 Å². The zero-order valence-corrected chi connectivity index (χ0v) is 22.7. The molecular formula is C25H41N2O5Si. The molecule has 1 fully saturated rings. The lowest BCUT2D eigenvalue weighted by Crippen LogP contribution is -2.56. The van der Waals surface area contributed by atoms with Crippen molar-refractivity contribution in [3.05, 3.63) is 29.8 Å². The maximum absolute atomic E-state index is 13.3. The van der Waals surface area contributed by atoms with Crippen LogP contribution >= 0.6 is 0 Å². The van der Waals surface area contributed by atoms with Gasteiger partial charge in [0.25, 0.3) is 0 Å². The van der Waals surface area contributed by atoms with Crippen molar-refractivity contribution < 1.29 is 23.5 Å². The summed E-state index contributed by atoms with van der Waals surface area (Å²) in [4.78, 5) is 27.2. The van der Waals surface area contributed by atoms with Gasteiger partial charge in [-0.15, -0.1) is 0 Å². The quantitative estimate of drug-likeness (QED) is 0.410. The van der Waals surface area contributed by atoms with E-state index in [0.29, 0.717) is 31.7 Å². The minimum atomic E-state index is -1.15. The number of nitrogens with zero attached hydrogens (tertiary/aromatic N) is 1. The van der Waals surface area contributed by atoms with Crippen LogP contribution in [0, 0.1) is 11.3 Å². The van der Waals surface area contributed by atoms with Gasteiger partial charge in [0, 0.05) is 18.7 Å². The first-order valence-corrected chi connectivity index (χ1v) is 14.1. The average molecular weight is 478 g/mol. The number of anilines is 1. The number of benzene rings is 1. The minimum absolute atomic E-state index is 0.00356. The number of nitrogens with one attached hydrogen (secondary N) is 1. The van der Waals surface area contributed by atoms with E-state index in [1.807, 2.05) is 32.9 Å². The molecule has 0 spiro atoms. The van der Waals surface area contributed by atoms with Crippen LogP contribution in [0.3, 0.4) is 0 Å². The van der Waals surface area contributed by atoms with Crippen molar-refractivity contribution in [2.45, 2.75) is 79.3 Å². The Hall–Kier alpha value is -2.06. The Morgan fingerprint density at radius 3 is 2.39 bits per heavy atom. The molecule has 1 N–H and O–H groups in total. The van der Waals surface area contributed by atoms with Gasteiger partial charge in [0.1, 0.15) is 5.60 Å². The molecular weight excluding hydrogens is 436 g/mol. The van der Waals surface area contributed by atoms with E-state index in [9.17, 15) is 9.59 Å². The second-order valence-electron chi connectivity index (χ2n) is 11.0. The Balaban J connectivity index is 2.36. The third-order valence-electron chi connectivity index (χ3n) is 5.64. The van der Waals surface area contributed by atoms with E-state index in [-0.39, 0.29) is 23.4 Å². The number of carbonyl (C=O) groups is 2. The molecule has 1 aromatic rings. The van der Waals surface area contributed by atoms with E-state index in [4.69, 9.17) is 13.9 Å². The third-order valence-corrected chi connectivity index (χ3v) is 6.42. The van der Waals surface area contributed by atoms with Gasteiger partial charge in [-0.3, -0.25) is 4.90 Å². The lowest BCUT2D eigenvalue weighted by Gasteiger charge is -2.40. The zero-order valence-electron chi connectivity index (χ0n) is 21.7. The number of esters is 1. The fourth-order valence-corrected chi connectivity index (χ4v) is 5.00. The number of carbonyl (C=O) groups excluding carboxylic acids is 2. The van der Waals surface area contributed by atoms with Crippen molar-refractivity contribution in [1.29, 1.82) is 0 Å². The Labute approximate surface area is 200 Å². The fourth-order valence-electron chi connectivity index (χ4n) is 3.98. The highest BCUT2D eigenvalue weighted by atomic mass is 28.3. The van der Waals surface area contributed by atoms with Gasteiger partial charge >= 0.3 is 12.1 Å². The van der Waals surface area contributed by atoms with Gasteiger partial charge in [-0.2, -0.15) is 0 Å². The molecule has 185 valence electrons. The number of ether oxygens (including phenoxy) is 2. The first kappa shape index (κ1) is 27.2. The van der Waals surface area contributed by atoms with Gasteiger partial charge in [0.15, 0.2) is 5.72 Å². The van der Waals surface area contributed by atoms with Gasteiger partial charge in [0.05, 0.1) is 18.7 Å². The van der Waals surface area contributed by atoms with E-state index in [1.165, 1.54) is 0 Å². The normalized spacial score (nSPS) is 21.3. The number of likely N-dealkylation sites (tertiary alicyclic amines) is 1. The lowest BCUT2D eigenvalue weighted by atomic mass is 9.79. The Bertz CT molecular complexity index is 831. The molecule has 1 heterocycles. The summed E-state index contributed by atoms with van der Waals surface area (Å²) in [7, 11) is -1.15. The van der Waals surface area contributed by atoms with Crippen LogP contribution in [-0.2, 0) is 13.9 Å². The van der Waals surface area contributed by atoms with E-state index in [2.05, 4.69) is 39.2 Å². The molecule has 1 aliphatic heterocycles. The molecule has 0 aliphatic carbocycles. The second kappa shape index (κ2) is 10.5. The van der Waals surface area contributed by atoms with Gasteiger partial charge in [0.2, 0.25) is 9.04 Å². The SMILES string of the molecule is CCOC(=O)c1cccc(NC[C@@]2(O[Si](C)C)C[C@H](C(C)(C)C)CN2C(=O)OC(C)(C)C)c1. The standard InChI is InChI=1S/C25H41N2O5Si/c1-10-30-21(28)18-12-11-13-20(14-18)26-17-25(32-33(8)9)15-19(23(2,3)4)16-27(25)22(29)31-24(5,6)7/h11-14,19,26H,10,15-17H2,1-9H3/t19-,25-/m0/s1. The number of rotatable bonds is 7. The molecule has 8 heteroatoms. The minimum Gasteiger partial charge on any atom is -0.462 e. The highest BCUT2D eigenvalue weighted by molar-refractivity contribution is 6.48. The molecule has 0 saturated carbocycles.